The minimum Gasteiger partial charge on any atom is -0.474 e. The van der Waals surface area contributed by atoms with Crippen molar-refractivity contribution in [3.8, 4) is 0 Å². The number of unbranched alkanes of at least 4 members (excludes halogenated alkanes) is 5. The lowest BCUT2D eigenvalue weighted by Gasteiger charge is -2.33. The molecule has 1 heterocycles. The lowest BCUT2D eigenvalue weighted by atomic mass is 9.98. The molecule has 43 heavy (non-hydrogen) atoms. The first-order valence-corrected chi connectivity index (χ1v) is 16.2. The standard InChI is InChI=1S/C31H39F3N2O6S/c1-2-3-4-5-6-7-8-23-9-13-26(14-10-23)28(37)35-19-17-25(18-20-35)22-43(41,42)36(29(38)30(39)40)21-24-11-15-27(16-12-24)31(32,33)34/h9-16,25H,2-8,17-22H2,1H3,(H,39,40). The van der Waals surface area contributed by atoms with E-state index in [1.54, 1.807) is 4.90 Å². The number of piperidine rings is 1. The average molecular weight is 625 g/mol. The molecule has 8 nitrogen and oxygen atoms in total. The van der Waals surface area contributed by atoms with Gasteiger partial charge in [-0.3, -0.25) is 9.59 Å². The maximum absolute atomic E-state index is 13.2. The lowest BCUT2D eigenvalue weighted by Crippen LogP contribution is -2.45. The molecule has 0 radical (unpaired) electrons. The van der Waals surface area contributed by atoms with Gasteiger partial charge in [-0.2, -0.15) is 13.2 Å². The Morgan fingerprint density at radius 2 is 1.44 bits per heavy atom. The van der Waals surface area contributed by atoms with Gasteiger partial charge in [0.1, 0.15) is 0 Å². The molecule has 1 aliphatic heterocycles. The number of carboxylic acids is 1. The maximum Gasteiger partial charge on any atom is 0.416 e. The number of amides is 2. The second-order valence-electron chi connectivity index (χ2n) is 11.0. The van der Waals surface area contributed by atoms with Crippen LogP contribution in [0.4, 0.5) is 13.2 Å². The van der Waals surface area contributed by atoms with Gasteiger partial charge in [0.15, 0.2) is 0 Å². The van der Waals surface area contributed by atoms with Crippen LogP contribution in [0.5, 0.6) is 0 Å². The van der Waals surface area contributed by atoms with Crippen LogP contribution in [0.3, 0.4) is 0 Å². The number of nitrogens with zero attached hydrogens (tertiary/aromatic N) is 2. The number of alkyl halides is 3. The van der Waals surface area contributed by atoms with E-state index in [9.17, 15) is 41.1 Å². The van der Waals surface area contributed by atoms with E-state index >= 15 is 0 Å². The van der Waals surface area contributed by atoms with Crippen molar-refractivity contribution < 1.29 is 41.1 Å². The molecule has 0 aliphatic carbocycles. The zero-order valence-electron chi connectivity index (χ0n) is 24.3. The molecule has 0 bridgehead atoms. The predicted molar refractivity (Wildman–Crippen MR) is 156 cm³/mol. The Bertz CT molecular complexity index is 1340. The molecular weight excluding hydrogens is 585 g/mol. The summed E-state index contributed by atoms with van der Waals surface area (Å²) in [7, 11) is -4.43. The highest BCUT2D eigenvalue weighted by Crippen LogP contribution is 2.30. The summed E-state index contributed by atoms with van der Waals surface area (Å²) in [5, 5.41) is 9.21. The Labute approximate surface area is 250 Å². The van der Waals surface area contributed by atoms with Crippen molar-refractivity contribution in [3.63, 3.8) is 0 Å². The third kappa shape index (κ3) is 10.1. The van der Waals surface area contributed by atoms with E-state index in [0.717, 1.165) is 37.1 Å². The Kier molecular flexibility index (Phi) is 12.2. The summed E-state index contributed by atoms with van der Waals surface area (Å²) in [6.45, 7) is 2.07. The third-order valence-electron chi connectivity index (χ3n) is 7.72. The smallest absolute Gasteiger partial charge is 0.416 e. The maximum atomic E-state index is 13.2. The molecule has 0 aromatic heterocycles. The van der Waals surface area contributed by atoms with Crippen molar-refractivity contribution in [2.75, 3.05) is 18.8 Å². The number of sulfonamides is 1. The van der Waals surface area contributed by atoms with Crippen LogP contribution in [0.15, 0.2) is 48.5 Å². The molecule has 0 spiro atoms. The Morgan fingerprint density at radius 3 is 2.00 bits per heavy atom. The highest BCUT2D eigenvalue weighted by Gasteiger charge is 2.36. The van der Waals surface area contributed by atoms with Gasteiger partial charge in [0, 0.05) is 18.7 Å². The summed E-state index contributed by atoms with van der Waals surface area (Å²) in [6, 6.07) is 11.0. The predicted octanol–water partition coefficient (Wildman–Crippen LogP) is 5.90. The SMILES string of the molecule is CCCCCCCCc1ccc(C(=O)N2CCC(CS(=O)(=O)N(Cc3ccc(C(F)(F)F)cc3)C(=O)C(=O)O)CC2)cc1. The molecular formula is C31H39F3N2O6S. The highest BCUT2D eigenvalue weighted by atomic mass is 32.2. The van der Waals surface area contributed by atoms with Crippen molar-refractivity contribution in [2.45, 2.75) is 77.4 Å². The summed E-state index contributed by atoms with van der Waals surface area (Å²) in [4.78, 5) is 38.4. The molecule has 0 unspecified atom stereocenters. The number of carbonyl (C=O) groups excluding carboxylic acids is 2. The van der Waals surface area contributed by atoms with Crippen LogP contribution < -0.4 is 0 Å². The van der Waals surface area contributed by atoms with Crippen LogP contribution in [0.1, 0.15) is 85.3 Å². The second kappa shape index (κ2) is 15.4. The summed E-state index contributed by atoms with van der Waals surface area (Å²) in [5.41, 5.74) is 0.797. The quantitative estimate of drug-likeness (QED) is 0.219. The number of carbonyl (C=O) groups is 3. The van der Waals surface area contributed by atoms with Gasteiger partial charge in [-0.1, -0.05) is 63.3 Å². The summed E-state index contributed by atoms with van der Waals surface area (Å²) >= 11 is 0. The Morgan fingerprint density at radius 1 is 0.884 bits per heavy atom. The van der Waals surface area contributed by atoms with E-state index in [2.05, 4.69) is 6.92 Å². The van der Waals surface area contributed by atoms with Crippen LogP contribution in [0, 0.1) is 5.92 Å². The van der Waals surface area contributed by atoms with Gasteiger partial charge in [0.2, 0.25) is 10.0 Å². The average Bonchev–Trinajstić information content (AvgIpc) is 2.97. The second-order valence-corrected chi connectivity index (χ2v) is 13.0. The van der Waals surface area contributed by atoms with Gasteiger partial charge in [-0.15, -0.1) is 0 Å². The van der Waals surface area contributed by atoms with E-state index < -0.39 is 51.9 Å². The molecule has 2 aromatic rings. The molecule has 12 heteroatoms. The fourth-order valence-corrected chi connectivity index (χ4v) is 6.95. The summed E-state index contributed by atoms with van der Waals surface area (Å²) in [5.74, 6) is -4.80. The van der Waals surface area contributed by atoms with Gasteiger partial charge >= 0.3 is 18.1 Å². The van der Waals surface area contributed by atoms with Crippen molar-refractivity contribution >= 4 is 27.8 Å². The van der Waals surface area contributed by atoms with Crippen molar-refractivity contribution in [2.24, 2.45) is 5.92 Å². The summed E-state index contributed by atoms with van der Waals surface area (Å²) < 4.78 is 65.2. The van der Waals surface area contributed by atoms with Gasteiger partial charge in [0.05, 0.1) is 17.9 Å². The van der Waals surface area contributed by atoms with Gasteiger partial charge < -0.3 is 10.0 Å². The van der Waals surface area contributed by atoms with Crippen LogP contribution in [-0.4, -0.2) is 59.4 Å². The molecule has 236 valence electrons. The lowest BCUT2D eigenvalue weighted by molar-refractivity contribution is -0.153. The van der Waals surface area contributed by atoms with Gasteiger partial charge in [0.25, 0.3) is 5.91 Å². The first-order chi connectivity index (χ1) is 20.3. The molecule has 2 amide bonds. The number of likely N-dealkylation sites (tertiary alicyclic amines) is 1. The van der Waals surface area contributed by atoms with Crippen molar-refractivity contribution in [1.82, 2.24) is 9.21 Å². The number of halogens is 3. The summed E-state index contributed by atoms with van der Waals surface area (Å²) in [6.07, 6.45) is 4.27. The normalized spacial score (nSPS) is 14.5. The van der Waals surface area contributed by atoms with E-state index in [1.807, 2.05) is 24.3 Å². The zero-order valence-corrected chi connectivity index (χ0v) is 25.1. The zero-order chi connectivity index (χ0) is 31.6. The minimum atomic E-state index is -4.60. The van der Waals surface area contributed by atoms with Crippen LogP contribution in [-0.2, 0) is 38.8 Å². The first-order valence-electron chi connectivity index (χ1n) is 14.6. The van der Waals surface area contributed by atoms with E-state index in [-0.39, 0.29) is 15.8 Å². The van der Waals surface area contributed by atoms with E-state index in [1.165, 1.54) is 37.7 Å². The number of hydrogen-bond acceptors (Lipinski definition) is 5. The highest BCUT2D eigenvalue weighted by molar-refractivity contribution is 7.89. The van der Waals surface area contributed by atoms with Crippen molar-refractivity contribution in [1.29, 1.82) is 0 Å². The number of rotatable bonds is 13. The monoisotopic (exact) mass is 624 g/mol. The van der Waals surface area contributed by atoms with E-state index in [4.69, 9.17) is 0 Å². The van der Waals surface area contributed by atoms with Crippen LogP contribution in [0.2, 0.25) is 0 Å². The molecule has 0 saturated carbocycles. The number of hydrogen-bond donors (Lipinski definition) is 1. The van der Waals surface area contributed by atoms with Crippen molar-refractivity contribution in [3.05, 3.63) is 70.8 Å². The molecule has 1 N–H and O–H groups in total. The number of aryl methyl sites for hydroxylation is 1. The number of aliphatic carboxylic acids is 1. The fourth-order valence-electron chi connectivity index (χ4n) is 5.16. The van der Waals surface area contributed by atoms with Gasteiger partial charge in [-0.05, 0) is 67.0 Å². The minimum absolute atomic E-state index is 0.0320. The third-order valence-corrected chi connectivity index (χ3v) is 9.58. The molecule has 1 saturated heterocycles. The topological polar surface area (TPSA) is 112 Å². The van der Waals surface area contributed by atoms with Crippen LogP contribution >= 0.6 is 0 Å². The molecule has 0 atom stereocenters. The molecule has 1 aliphatic rings. The number of carboxylic acid groups (broad SMARTS) is 1. The van der Waals surface area contributed by atoms with E-state index in [0.29, 0.717) is 31.5 Å². The Balaban J connectivity index is 1.56. The Hall–Kier alpha value is -3.41. The fraction of sp³-hybridized carbons (Fsp3) is 0.516. The number of benzene rings is 2. The largest absolute Gasteiger partial charge is 0.474 e. The van der Waals surface area contributed by atoms with Crippen LogP contribution in [0.25, 0.3) is 0 Å². The molecule has 1 fully saturated rings. The van der Waals surface area contributed by atoms with Gasteiger partial charge in [-0.25, -0.2) is 17.5 Å². The first kappa shape index (κ1) is 34.1. The molecule has 2 aromatic carbocycles. The molecule has 3 rings (SSSR count).